The van der Waals surface area contributed by atoms with E-state index in [1.807, 2.05) is 0 Å². The lowest BCUT2D eigenvalue weighted by atomic mass is 10.2. The number of anilines is 1. The van der Waals surface area contributed by atoms with E-state index in [2.05, 4.69) is 15.5 Å². The van der Waals surface area contributed by atoms with Crippen molar-refractivity contribution in [3.63, 3.8) is 0 Å². The molecule has 1 heterocycles. The SMILES string of the molecule is O=C(CCCNc1ccccc1[N+](=O)[O-])OCc1nc(-c2ccc(Cl)cc2)no1. The Hall–Kier alpha value is -3.46. The minimum Gasteiger partial charge on any atom is -0.456 e. The molecule has 0 saturated carbocycles. The van der Waals surface area contributed by atoms with Gasteiger partial charge in [-0.25, -0.2) is 0 Å². The number of esters is 1. The van der Waals surface area contributed by atoms with Crippen LogP contribution in [0.4, 0.5) is 11.4 Å². The maximum absolute atomic E-state index is 11.9. The number of para-hydroxylation sites is 2. The highest BCUT2D eigenvalue weighted by molar-refractivity contribution is 6.30. The number of ether oxygens (including phenoxy) is 1. The van der Waals surface area contributed by atoms with E-state index in [9.17, 15) is 14.9 Å². The highest BCUT2D eigenvalue weighted by Gasteiger charge is 2.13. The number of nitro benzene ring substituents is 1. The smallest absolute Gasteiger partial charge is 0.306 e. The van der Waals surface area contributed by atoms with Gasteiger partial charge in [0.05, 0.1) is 4.92 Å². The first-order chi connectivity index (χ1) is 14.0. The van der Waals surface area contributed by atoms with E-state index < -0.39 is 10.9 Å². The number of benzene rings is 2. The molecule has 0 radical (unpaired) electrons. The van der Waals surface area contributed by atoms with E-state index >= 15 is 0 Å². The Bertz CT molecular complexity index is 990. The molecule has 0 aliphatic heterocycles. The first-order valence-corrected chi connectivity index (χ1v) is 9.12. The van der Waals surface area contributed by atoms with Gasteiger partial charge in [-0.2, -0.15) is 4.98 Å². The van der Waals surface area contributed by atoms with Gasteiger partial charge in [0.25, 0.3) is 11.6 Å². The molecule has 0 aliphatic rings. The van der Waals surface area contributed by atoms with Gasteiger partial charge in [-0.3, -0.25) is 14.9 Å². The minimum absolute atomic E-state index is 0.0111. The minimum atomic E-state index is -0.459. The van der Waals surface area contributed by atoms with Crippen LogP contribution in [0.15, 0.2) is 53.1 Å². The van der Waals surface area contributed by atoms with Crippen molar-refractivity contribution in [2.45, 2.75) is 19.4 Å². The van der Waals surface area contributed by atoms with Gasteiger partial charge in [0.2, 0.25) is 5.82 Å². The van der Waals surface area contributed by atoms with Crippen LogP contribution >= 0.6 is 11.6 Å². The van der Waals surface area contributed by atoms with Gasteiger partial charge < -0.3 is 14.6 Å². The van der Waals surface area contributed by atoms with E-state index in [1.54, 1.807) is 42.5 Å². The van der Waals surface area contributed by atoms with Crippen LogP contribution < -0.4 is 5.32 Å². The van der Waals surface area contributed by atoms with Crippen molar-refractivity contribution >= 4 is 28.9 Å². The highest BCUT2D eigenvalue weighted by Crippen LogP contribution is 2.23. The molecular formula is C19H17ClN4O5. The first kappa shape index (κ1) is 20.3. The molecule has 0 fully saturated rings. The number of carbonyl (C=O) groups excluding carboxylic acids is 1. The van der Waals surface area contributed by atoms with Crippen molar-refractivity contribution in [1.29, 1.82) is 0 Å². The number of rotatable bonds is 9. The fourth-order valence-corrected chi connectivity index (χ4v) is 2.61. The number of nitrogens with zero attached hydrogens (tertiary/aromatic N) is 3. The number of aromatic nitrogens is 2. The average molecular weight is 417 g/mol. The van der Waals surface area contributed by atoms with Crippen LogP contribution in [-0.4, -0.2) is 27.6 Å². The summed E-state index contributed by atoms with van der Waals surface area (Å²) in [6.45, 7) is 0.262. The molecule has 1 aromatic heterocycles. The number of halogens is 1. The number of nitrogens with one attached hydrogen (secondary N) is 1. The van der Waals surface area contributed by atoms with E-state index in [4.69, 9.17) is 20.9 Å². The lowest BCUT2D eigenvalue weighted by Gasteiger charge is -2.06. The molecule has 150 valence electrons. The van der Waals surface area contributed by atoms with Gasteiger partial charge in [-0.15, -0.1) is 0 Å². The fraction of sp³-hybridized carbons (Fsp3) is 0.211. The number of carbonyl (C=O) groups is 1. The monoisotopic (exact) mass is 416 g/mol. The Kier molecular flexibility index (Phi) is 6.75. The summed E-state index contributed by atoms with van der Waals surface area (Å²) in [7, 11) is 0. The zero-order valence-corrected chi connectivity index (χ0v) is 16.0. The van der Waals surface area contributed by atoms with Gasteiger partial charge in [-0.1, -0.05) is 28.9 Å². The maximum Gasteiger partial charge on any atom is 0.306 e. The molecule has 0 bridgehead atoms. The summed E-state index contributed by atoms with van der Waals surface area (Å²) in [5, 5.41) is 18.3. The van der Waals surface area contributed by atoms with Crippen molar-refractivity contribution in [1.82, 2.24) is 10.1 Å². The Morgan fingerprint density at radius 2 is 1.97 bits per heavy atom. The molecule has 0 unspecified atom stereocenters. The van der Waals surface area contributed by atoms with Crippen LogP contribution in [0.2, 0.25) is 5.02 Å². The molecule has 1 N–H and O–H groups in total. The molecule has 0 atom stereocenters. The van der Waals surface area contributed by atoms with Crippen molar-refractivity contribution < 1.29 is 19.0 Å². The Morgan fingerprint density at radius 3 is 2.72 bits per heavy atom. The van der Waals surface area contributed by atoms with Crippen LogP contribution in [0.5, 0.6) is 0 Å². The standard InChI is InChI=1S/C19H17ClN4O5/c20-14-9-7-13(8-10-14)19-22-17(29-23-19)12-28-18(25)6-3-11-21-15-4-1-2-5-16(15)24(26)27/h1-2,4-5,7-10,21H,3,6,11-12H2. The van der Waals surface area contributed by atoms with Gasteiger partial charge in [0.15, 0.2) is 6.61 Å². The topological polar surface area (TPSA) is 120 Å². The van der Waals surface area contributed by atoms with Crippen LogP contribution in [0, 0.1) is 10.1 Å². The molecule has 3 aromatic rings. The normalized spacial score (nSPS) is 10.5. The van der Waals surface area contributed by atoms with Gasteiger partial charge >= 0.3 is 5.97 Å². The van der Waals surface area contributed by atoms with Gasteiger partial charge in [0.1, 0.15) is 5.69 Å². The summed E-state index contributed by atoms with van der Waals surface area (Å²) in [6.07, 6.45) is 0.594. The third-order valence-corrected chi connectivity index (χ3v) is 4.15. The van der Waals surface area contributed by atoms with Crippen LogP contribution in [0.3, 0.4) is 0 Å². The zero-order valence-electron chi connectivity index (χ0n) is 15.2. The third-order valence-electron chi connectivity index (χ3n) is 3.90. The van der Waals surface area contributed by atoms with Gasteiger partial charge in [-0.05, 0) is 36.8 Å². The summed E-state index contributed by atoms with van der Waals surface area (Å²) in [4.78, 5) is 26.5. The average Bonchev–Trinajstić information content (AvgIpc) is 3.19. The molecule has 0 aliphatic carbocycles. The predicted octanol–water partition coefficient (Wildman–Crippen LogP) is 4.23. The Morgan fingerprint density at radius 1 is 1.21 bits per heavy atom. The summed E-state index contributed by atoms with van der Waals surface area (Å²) in [6, 6.07) is 13.3. The molecule has 9 nitrogen and oxygen atoms in total. The van der Waals surface area contributed by atoms with Gasteiger partial charge in [0, 0.05) is 29.6 Å². The fourth-order valence-electron chi connectivity index (χ4n) is 2.48. The van der Waals surface area contributed by atoms with Crippen LogP contribution in [0.25, 0.3) is 11.4 Å². The van der Waals surface area contributed by atoms with E-state index in [0.29, 0.717) is 29.5 Å². The van der Waals surface area contributed by atoms with Crippen LogP contribution in [0.1, 0.15) is 18.7 Å². The summed E-state index contributed by atoms with van der Waals surface area (Å²) in [5.41, 5.74) is 1.13. The van der Waals surface area contributed by atoms with E-state index in [1.165, 1.54) is 6.07 Å². The highest BCUT2D eigenvalue weighted by atomic mass is 35.5. The largest absolute Gasteiger partial charge is 0.456 e. The molecule has 10 heteroatoms. The first-order valence-electron chi connectivity index (χ1n) is 8.74. The van der Waals surface area contributed by atoms with Crippen LogP contribution in [-0.2, 0) is 16.1 Å². The Balaban J connectivity index is 1.41. The number of hydrogen-bond donors (Lipinski definition) is 1. The molecule has 0 saturated heterocycles. The second-order valence-electron chi connectivity index (χ2n) is 5.98. The predicted molar refractivity (Wildman–Crippen MR) is 105 cm³/mol. The summed E-state index contributed by atoms with van der Waals surface area (Å²) in [5.74, 6) is 0.128. The molecule has 29 heavy (non-hydrogen) atoms. The molecule has 0 spiro atoms. The second kappa shape index (κ2) is 9.65. The second-order valence-corrected chi connectivity index (χ2v) is 6.42. The third kappa shape index (κ3) is 5.76. The summed E-state index contributed by atoms with van der Waals surface area (Å²) >= 11 is 5.84. The number of nitro groups is 1. The zero-order chi connectivity index (χ0) is 20.6. The number of hydrogen-bond acceptors (Lipinski definition) is 8. The molecule has 0 amide bonds. The van der Waals surface area contributed by atoms with Crippen molar-refractivity contribution in [2.24, 2.45) is 0 Å². The maximum atomic E-state index is 11.9. The lowest BCUT2D eigenvalue weighted by molar-refractivity contribution is -0.384. The van der Waals surface area contributed by atoms with Crippen molar-refractivity contribution in [2.75, 3.05) is 11.9 Å². The molecule has 3 rings (SSSR count). The Labute approximate surface area is 170 Å². The molecular weight excluding hydrogens is 400 g/mol. The summed E-state index contributed by atoms with van der Waals surface area (Å²) < 4.78 is 10.2. The van der Waals surface area contributed by atoms with Crippen molar-refractivity contribution in [3.05, 3.63) is 69.6 Å². The lowest BCUT2D eigenvalue weighted by Crippen LogP contribution is -2.09. The molecule has 2 aromatic carbocycles. The van der Waals surface area contributed by atoms with E-state index in [0.717, 1.165) is 5.56 Å². The van der Waals surface area contributed by atoms with E-state index in [-0.39, 0.29) is 24.6 Å². The quantitative estimate of drug-likeness (QED) is 0.238. The van der Waals surface area contributed by atoms with Crippen molar-refractivity contribution in [3.8, 4) is 11.4 Å².